The Balaban J connectivity index is 1.87. The van der Waals surface area contributed by atoms with Crippen molar-refractivity contribution in [3.8, 4) is 6.07 Å². The van der Waals surface area contributed by atoms with Gasteiger partial charge in [-0.3, -0.25) is 4.79 Å². The molecule has 2 aromatic rings. The molecule has 2 atom stereocenters. The van der Waals surface area contributed by atoms with Crippen molar-refractivity contribution in [1.29, 1.82) is 5.26 Å². The van der Waals surface area contributed by atoms with Gasteiger partial charge in [-0.15, -0.1) is 0 Å². The standard InChI is InChI=1S/C18H22N4O/c1-2-22(15-5-3-4-14(20)10-15)18(23)17-9-13-8-12(11-19)6-7-16(13)21-17/h6-9,14-15,21H,2-5,10,20H2,1H3/t14-,15+/m1/s1. The highest BCUT2D eigenvalue weighted by Crippen LogP contribution is 2.24. The molecule has 3 N–H and O–H groups in total. The Bertz CT molecular complexity index is 758. The van der Waals surface area contributed by atoms with Gasteiger partial charge in [0.2, 0.25) is 0 Å². The lowest BCUT2D eigenvalue weighted by molar-refractivity contribution is 0.0633. The van der Waals surface area contributed by atoms with Crippen LogP contribution in [0.2, 0.25) is 0 Å². The summed E-state index contributed by atoms with van der Waals surface area (Å²) in [5, 5.41) is 9.88. The van der Waals surface area contributed by atoms with E-state index < -0.39 is 0 Å². The number of amides is 1. The third kappa shape index (κ3) is 3.08. The molecule has 0 unspecified atom stereocenters. The van der Waals surface area contributed by atoms with Crippen molar-refractivity contribution in [1.82, 2.24) is 9.88 Å². The van der Waals surface area contributed by atoms with E-state index in [-0.39, 0.29) is 18.0 Å². The highest BCUT2D eigenvalue weighted by molar-refractivity contribution is 5.98. The second kappa shape index (κ2) is 6.43. The van der Waals surface area contributed by atoms with E-state index in [1.54, 1.807) is 12.1 Å². The Hall–Kier alpha value is -2.32. The molecule has 1 saturated carbocycles. The van der Waals surface area contributed by atoms with Gasteiger partial charge in [-0.05, 0) is 56.9 Å². The topological polar surface area (TPSA) is 85.9 Å². The predicted molar refractivity (Wildman–Crippen MR) is 90.0 cm³/mol. The SMILES string of the molecule is CCN(C(=O)c1cc2cc(C#N)ccc2[nH]1)[C@H]1CCC[C@@H](N)C1. The number of fused-ring (bicyclic) bond motifs is 1. The van der Waals surface area contributed by atoms with E-state index >= 15 is 0 Å². The van der Waals surface area contributed by atoms with Gasteiger partial charge in [-0.2, -0.15) is 5.26 Å². The van der Waals surface area contributed by atoms with Gasteiger partial charge in [0.25, 0.3) is 5.91 Å². The minimum Gasteiger partial charge on any atom is -0.351 e. The molecule has 1 amide bonds. The Morgan fingerprint density at radius 3 is 2.96 bits per heavy atom. The number of aromatic nitrogens is 1. The first-order chi connectivity index (χ1) is 11.1. The summed E-state index contributed by atoms with van der Waals surface area (Å²) in [6, 6.07) is 9.77. The van der Waals surface area contributed by atoms with Crippen LogP contribution in [0, 0.1) is 11.3 Å². The maximum atomic E-state index is 12.9. The number of aromatic amines is 1. The number of carbonyl (C=O) groups is 1. The van der Waals surface area contributed by atoms with Crippen LogP contribution in [-0.2, 0) is 0 Å². The number of hydrogen-bond acceptors (Lipinski definition) is 3. The van der Waals surface area contributed by atoms with Crippen molar-refractivity contribution in [2.45, 2.75) is 44.7 Å². The van der Waals surface area contributed by atoms with Crippen molar-refractivity contribution >= 4 is 16.8 Å². The smallest absolute Gasteiger partial charge is 0.270 e. The molecule has 0 bridgehead atoms. The number of H-pyrrole nitrogens is 1. The molecule has 5 heteroatoms. The number of nitriles is 1. The molecule has 3 rings (SSSR count). The maximum Gasteiger partial charge on any atom is 0.270 e. The molecule has 5 nitrogen and oxygen atoms in total. The second-order valence-corrected chi connectivity index (χ2v) is 6.27. The highest BCUT2D eigenvalue weighted by Gasteiger charge is 2.28. The van der Waals surface area contributed by atoms with Crippen LogP contribution >= 0.6 is 0 Å². The van der Waals surface area contributed by atoms with Gasteiger partial charge in [0, 0.05) is 29.5 Å². The summed E-state index contributed by atoms with van der Waals surface area (Å²) < 4.78 is 0. The Kier molecular flexibility index (Phi) is 4.35. The van der Waals surface area contributed by atoms with Gasteiger partial charge in [0.15, 0.2) is 0 Å². The minimum atomic E-state index is 0.0151. The number of hydrogen-bond donors (Lipinski definition) is 2. The van der Waals surface area contributed by atoms with Crippen molar-refractivity contribution in [2.75, 3.05) is 6.54 Å². The van der Waals surface area contributed by atoms with E-state index in [0.29, 0.717) is 17.8 Å². The van der Waals surface area contributed by atoms with Gasteiger partial charge in [-0.25, -0.2) is 0 Å². The molecule has 1 aliphatic carbocycles. The van der Waals surface area contributed by atoms with Crippen LogP contribution in [0.1, 0.15) is 48.7 Å². The Morgan fingerprint density at radius 2 is 2.26 bits per heavy atom. The molecule has 0 saturated heterocycles. The van der Waals surface area contributed by atoms with Crippen LogP contribution < -0.4 is 5.73 Å². The number of carbonyl (C=O) groups excluding carboxylic acids is 1. The number of nitrogens with zero attached hydrogens (tertiary/aromatic N) is 2. The van der Waals surface area contributed by atoms with Crippen molar-refractivity contribution in [3.63, 3.8) is 0 Å². The van der Waals surface area contributed by atoms with Crippen LogP contribution in [0.3, 0.4) is 0 Å². The van der Waals surface area contributed by atoms with E-state index in [1.807, 2.05) is 24.0 Å². The molecule has 1 fully saturated rings. The summed E-state index contributed by atoms with van der Waals surface area (Å²) in [7, 11) is 0. The number of benzene rings is 1. The molecule has 1 aromatic carbocycles. The van der Waals surface area contributed by atoms with E-state index in [1.165, 1.54) is 0 Å². The lowest BCUT2D eigenvalue weighted by Crippen LogP contribution is -2.45. The minimum absolute atomic E-state index is 0.0151. The number of nitrogens with one attached hydrogen (secondary N) is 1. The fraction of sp³-hybridized carbons (Fsp3) is 0.444. The monoisotopic (exact) mass is 310 g/mol. The van der Waals surface area contributed by atoms with Gasteiger partial charge in [-0.1, -0.05) is 0 Å². The average molecular weight is 310 g/mol. The van der Waals surface area contributed by atoms with Crippen LogP contribution in [0.5, 0.6) is 0 Å². The summed E-state index contributed by atoms with van der Waals surface area (Å²) in [6.07, 6.45) is 4.02. The third-order valence-corrected chi connectivity index (χ3v) is 4.71. The van der Waals surface area contributed by atoms with Gasteiger partial charge < -0.3 is 15.6 Å². The Morgan fingerprint density at radius 1 is 1.43 bits per heavy atom. The fourth-order valence-electron chi connectivity index (χ4n) is 3.52. The summed E-state index contributed by atoms with van der Waals surface area (Å²) >= 11 is 0. The Labute approximate surface area is 136 Å². The normalized spacial score (nSPS) is 21.1. The molecule has 1 aliphatic rings. The first-order valence-corrected chi connectivity index (χ1v) is 8.21. The van der Waals surface area contributed by atoms with Crippen LogP contribution in [0.25, 0.3) is 10.9 Å². The van der Waals surface area contributed by atoms with E-state index in [4.69, 9.17) is 11.0 Å². The molecule has 0 spiro atoms. The summed E-state index contributed by atoms with van der Waals surface area (Å²) in [4.78, 5) is 18.0. The molecule has 1 heterocycles. The second-order valence-electron chi connectivity index (χ2n) is 6.27. The summed E-state index contributed by atoms with van der Waals surface area (Å²) in [6.45, 7) is 2.68. The average Bonchev–Trinajstić information content (AvgIpc) is 2.98. The molecule has 120 valence electrons. The third-order valence-electron chi connectivity index (χ3n) is 4.71. The maximum absolute atomic E-state index is 12.9. The predicted octanol–water partition coefficient (Wildman–Crippen LogP) is 2.77. The first kappa shape index (κ1) is 15.6. The molecule has 23 heavy (non-hydrogen) atoms. The lowest BCUT2D eigenvalue weighted by Gasteiger charge is -2.35. The molecular formula is C18H22N4O. The van der Waals surface area contributed by atoms with Crippen molar-refractivity contribution in [3.05, 3.63) is 35.5 Å². The fourth-order valence-corrected chi connectivity index (χ4v) is 3.52. The summed E-state index contributed by atoms with van der Waals surface area (Å²) in [5.41, 5.74) is 8.13. The highest BCUT2D eigenvalue weighted by atomic mass is 16.2. The van der Waals surface area contributed by atoms with E-state index in [9.17, 15) is 4.79 Å². The molecule has 0 aliphatic heterocycles. The molecular weight excluding hydrogens is 288 g/mol. The first-order valence-electron chi connectivity index (χ1n) is 8.21. The molecule has 0 radical (unpaired) electrons. The van der Waals surface area contributed by atoms with Gasteiger partial charge in [0.1, 0.15) is 5.69 Å². The molecule has 1 aromatic heterocycles. The largest absolute Gasteiger partial charge is 0.351 e. The van der Waals surface area contributed by atoms with Crippen LogP contribution in [0.4, 0.5) is 0 Å². The zero-order valence-corrected chi connectivity index (χ0v) is 13.4. The van der Waals surface area contributed by atoms with Crippen molar-refractivity contribution < 1.29 is 4.79 Å². The van der Waals surface area contributed by atoms with E-state index in [2.05, 4.69) is 11.1 Å². The van der Waals surface area contributed by atoms with E-state index in [0.717, 1.165) is 36.6 Å². The van der Waals surface area contributed by atoms with Crippen LogP contribution in [0.15, 0.2) is 24.3 Å². The van der Waals surface area contributed by atoms with Gasteiger partial charge in [0.05, 0.1) is 11.6 Å². The van der Waals surface area contributed by atoms with Crippen molar-refractivity contribution in [2.24, 2.45) is 5.73 Å². The number of rotatable bonds is 3. The van der Waals surface area contributed by atoms with Gasteiger partial charge >= 0.3 is 0 Å². The quantitative estimate of drug-likeness (QED) is 0.914. The van der Waals surface area contributed by atoms with Crippen LogP contribution in [-0.4, -0.2) is 34.4 Å². The zero-order chi connectivity index (χ0) is 16.4. The summed E-state index contributed by atoms with van der Waals surface area (Å²) in [5.74, 6) is 0.0151. The lowest BCUT2D eigenvalue weighted by atomic mass is 9.90. The zero-order valence-electron chi connectivity index (χ0n) is 13.4. The number of nitrogens with two attached hydrogens (primary N) is 1.